The van der Waals surface area contributed by atoms with Gasteiger partial charge in [0.1, 0.15) is 6.54 Å². The third-order valence-electron chi connectivity index (χ3n) is 3.17. The highest BCUT2D eigenvalue weighted by Gasteiger charge is 2.05. The van der Waals surface area contributed by atoms with Crippen molar-refractivity contribution in [2.75, 3.05) is 33.7 Å². The van der Waals surface area contributed by atoms with Gasteiger partial charge in [0.2, 0.25) is 5.91 Å². The van der Waals surface area contributed by atoms with Crippen LogP contribution in [-0.2, 0) is 11.2 Å². The molecule has 1 amide bonds. The van der Waals surface area contributed by atoms with Crippen LogP contribution in [0.2, 0.25) is 5.02 Å². The van der Waals surface area contributed by atoms with Crippen LogP contribution in [0, 0.1) is 5.92 Å². The van der Waals surface area contributed by atoms with Crippen LogP contribution >= 0.6 is 11.6 Å². The zero-order valence-electron chi connectivity index (χ0n) is 14.4. The minimum Gasteiger partial charge on any atom is -0.356 e. The zero-order valence-corrected chi connectivity index (χ0v) is 15.2. The third-order valence-corrected chi connectivity index (χ3v) is 3.42. The Morgan fingerprint density at radius 1 is 1.22 bits per heavy atom. The largest absolute Gasteiger partial charge is 0.356 e. The van der Waals surface area contributed by atoms with E-state index in [1.54, 1.807) is 14.1 Å². The lowest BCUT2D eigenvalue weighted by atomic mass is 10.1. The van der Waals surface area contributed by atoms with Crippen LogP contribution in [0.1, 0.15) is 19.4 Å². The summed E-state index contributed by atoms with van der Waals surface area (Å²) in [6, 6.07) is 7.80. The number of aliphatic imine (C=N–C) groups is 1. The molecule has 0 aliphatic rings. The number of rotatable bonds is 7. The fourth-order valence-corrected chi connectivity index (χ4v) is 1.87. The van der Waals surface area contributed by atoms with Crippen LogP contribution in [-0.4, -0.2) is 50.5 Å². The lowest BCUT2D eigenvalue weighted by Gasteiger charge is -2.15. The van der Waals surface area contributed by atoms with E-state index in [-0.39, 0.29) is 12.5 Å². The first-order valence-electron chi connectivity index (χ1n) is 7.85. The van der Waals surface area contributed by atoms with Crippen molar-refractivity contribution in [1.29, 1.82) is 0 Å². The molecule has 0 heterocycles. The van der Waals surface area contributed by atoms with E-state index in [9.17, 15) is 4.79 Å². The molecule has 0 radical (unpaired) electrons. The Morgan fingerprint density at radius 2 is 1.87 bits per heavy atom. The lowest BCUT2D eigenvalue weighted by molar-refractivity contribution is -0.127. The summed E-state index contributed by atoms with van der Waals surface area (Å²) in [5, 5.41) is 7.26. The van der Waals surface area contributed by atoms with Gasteiger partial charge >= 0.3 is 0 Å². The molecule has 0 spiro atoms. The van der Waals surface area contributed by atoms with Crippen molar-refractivity contribution in [2.45, 2.75) is 20.3 Å². The first-order chi connectivity index (χ1) is 10.9. The van der Waals surface area contributed by atoms with Gasteiger partial charge in [0, 0.05) is 32.2 Å². The summed E-state index contributed by atoms with van der Waals surface area (Å²) in [5.74, 6) is 1.15. The summed E-state index contributed by atoms with van der Waals surface area (Å²) in [6.45, 7) is 5.94. The molecule has 0 aliphatic carbocycles. The number of likely N-dealkylation sites (N-methyl/N-ethyl adjacent to an activating group) is 1. The van der Waals surface area contributed by atoms with Crippen molar-refractivity contribution >= 4 is 23.5 Å². The number of benzene rings is 1. The van der Waals surface area contributed by atoms with Gasteiger partial charge in [-0.15, -0.1) is 0 Å². The minimum atomic E-state index is -0.0200. The average molecular weight is 339 g/mol. The van der Waals surface area contributed by atoms with E-state index in [1.165, 1.54) is 10.5 Å². The molecule has 0 aromatic heterocycles. The van der Waals surface area contributed by atoms with Gasteiger partial charge in [-0.05, 0) is 30.0 Å². The molecule has 5 nitrogen and oxygen atoms in total. The second kappa shape index (κ2) is 10.1. The number of hydrogen-bond acceptors (Lipinski definition) is 2. The summed E-state index contributed by atoms with van der Waals surface area (Å²) < 4.78 is 0. The van der Waals surface area contributed by atoms with Gasteiger partial charge in [0.05, 0.1) is 0 Å². The lowest BCUT2D eigenvalue weighted by Crippen LogP contribution is -2.41. The number of nitrogens with zero attached hydrogens (tertiary/aromatic N) is 2. The van der Waals surface area contributed by atoms with E-state index < -0.39 is 0 Å². The van der Waals surface area contributed by atoms with E-state index in [2.05, 4.69) is 29.5 Å². The molecule has 128 valence electrons. The van der Waals surface area contributed by atoms with Crippen molar-refractivity contribution in [2.24, 2.45) is 10.9 Å². The van der Waals surface area contributed by atoms with Gasteiger partial charge in [0.15, 0.2) is 5.96 Å². The topological polar surface area (TPSA) is 56.7 Å². The maximum absolute atomic E-state index is 11.7. The number of amides is 1. The van der Waals surface area contributed by atoms with E-state index in [0.717, 1.165) is 24.5 Å². The van der Waals surface area contributed by atoms with Crippen LogP contribution in [0.5, 0.6) is 0 Å². The predicted molar refractivity (Wildman–Crippen MR) is 97.0 cm³/mol. The molecule has 1 rings (SSSR count). The summed E-state index contributed by atoms with van der Waals surface area (Å²) in [5.41, 5.74) is 1.20. The van der Waals surface area contributed by atoms with Crippen molar-refractivity contribution in [3.63, 3.8) is 0 Å². The van der Waals surface area contributed by atoms with Gasteiger partial charge in [0.25, 0.3) is 0 Å². The van der Waals surface area contributed by atoms with Crippen molar-refractivity contribution in [1.82, 2.24) is 15.5 Å². The Hall–Kier alpha value is -1.75. The second-order valence-electron chi connectivity index (χ2n) is 6.03. The fraction of sp³-hybridized carbons (Fsp3) is 0.529. The first kappa shape index (κ1) is 19.3. The smallest absolute Gasteiger partial charge is 0.243 e. The standard InChI is InChI=1S/C17H27ClN4O/c1-13(2)11-20-17(21-12-16(23)22(3)4)19-10-9-14-5-7-15(18)8-6-14/h5-8,13H,9-12H2,1-4H3,(H2,19,20,21). The van der Waals surface area contributed by atoms with Crippen LogP contribution in [0.3, 0.4) is 0 Å². The second-order valence-corrected chi connectivity index (χ2v) is 6.47. The maximum Gasteiger partial charge on any atom is 0.243 e. The monoisotopic (exact) mass is 338 g/mol. The molecular weight excluding hydrogens is 312 g/mol. The Kier molecular flexibility index (Phi) is 8.48. The van der Waals surface area contributed by atoms with Crippen molar-refractivity contribution in [3.8, 4) is 0 Å². The summed E-state index contributed by atoms with van der Waals surface area (Å²) in [4.78, 5) is 17.5. The first-order valence-corrected chi connectivity index (χ1v) is 8.23. The number of guanidine groups is 1. The molecule has 23 heavy (non-hydrogen) atoms. The highest BCUT2D eigenvalue weighted by molar-refractivity contribution is 6.30. The number of carbonyl (C=O) groups excluding carboxylic acids is 1. The molecule has 1 aromatic rings. The normalized spacial score (nSPS) is 11.5. The Morgan fingerprint density at radius 3 is 2.43 bits per heavy atom. The van der Waals surface area contributed by atoms with Gasteiger partial charge in [-0.1, -0.05) is 37.6 Å². The zero-order chi connectivity index (χ0) is 17.2. The van der Waals surface area contributed by atoms with Crippen LogP contribution < -0.4 is 10.6 Å². The number of carbonyl (C=O) groups is 1. The maximum atomic E-state index is 11.7. The van der Waals surface area contributed by atoms with Gasteiger partial charge in [-0.3, -0.25) is 4.79 Å². The molecule has 0 fully saturated rings. The molecule has 6 heteroatoms. The SMILES string of the molecule is CC(C)CNC(=NCC(=O)N(C)C)NCCc1ccc(Cl)cc1. The number of halogens is 1. The number of hydrogen-bond donors (Lipinski definition) is 2. The third kappa shape index (κ3) is 8.45. The van der Waals surface area contributed by atoms with Gasteiger partial charge in [-0.2, -0.15) is 0 Å². The van der Waals surface area contributed by atoms with Crippen molar-refractivity contribution in [3.05, 3.63) is 34.9 Å². The van der Waals surface area contributed by atoms with Gasteiger partial charge < -0.3 is 15.5 Å². The van der Waals surface area contributed by atoms with Crippen LogP contribution in [0.15, 0.2) is 29.3 Å². The Bertz CT molecular complexity index is 512. The van der Waals surface area contributed by atoms with E-state index in [0.29, 0.717) is 11.9 Å². The Labute approximate surface area is 144 Å². The van der Waals surface area contributed by atoms with Crippen molar-refractivity contribution < 1.29 is 4.79 Å². The number of nitrogens with one attached hydrogen (secondary N) is 2. The van der Waals surface area contributed by atoms with E-state index in [1.807, 2.05) is 24.3 Å². The van der Waals surface area contributed by atoms with Gasteiger partial charge in [-0.25, -0.2) is 4.99 Å². The fourth-order valence-electron chi connectivity index (χ4n) is 1.74. The quantitative estimate of drug-likeness (QED) is 0.591. The van der Waals surface area contributed by atoms with E-state index >= 15 is 0 Å². The molecule has 0 saturated carbocycles. The molecule has 2 N–H and O–H groups in total. The highest BCUT2D eigenvalue weighted by atomic mass is 35.5. The molecular formula is C17H27ClN4O. The molecule has 1 aromatic carbocycles. The molecule has 0 saturated heterocycles. The highest BCUT2D eigenvalue weighted by Crippen LogP contribution is 2.09. The predicted octanol–water partition coefficient (Wildman–Crippen LogP) is 2.16. The summed E-state index contributed by atoms with van der Waals surface area (Å²) >= 11 is 5.88. The average Bonchev–Trinajstić information content (AvgIpc) is 2.50. The summed E-state index contributed by atoms with van der Waals surface area (Å²) in [6.07, 6.45) is 0.862. The molecule has 0 unspecified atom stereocenters. The minimum absolute atomic E-state index is 0.0200. The Balaban J connectivity index is 2.52. The van der Waals surface area contributed by atoms with Crippen LogP contribution in [0.4, 0.5) is 0 Å². The summed E-state index contributed by atoms with van der Waals surface area (Å²) in [7, 11) is 3.46. The van der Waals surface area contributed by atoms with E-state index in [4.69, 9.17) is 11.6 Å². The molecule has 0 bridgehead atoms. The molecule has 0 atom stereocenters. The molecule has 0 aliphatic heterocycles. The van der Waals surface area contributed by atoms with Crippen LogP contribution in [0.25, 0.3) is 0 Å².